The summed E-state index contributed by atoms with van der Waals surface area (Å²) < 4.78 is 63.0. The van der Waals surface area contributed by atoms with Crippen molar-refractivity contribution in [2.45, 2.75) is 11.1 Å². The predicted octanol–water partition coefficient (Wildman–Crippen LogP) is 6.75. The Morgan fingerprint density at radius 3 is 1.82 bits per heavy atom. The zero-order valence-electron chi connectivity index (χ0n) is 14.4. The molecule has 0 amide bonds. The first-order chi connectivity index (χ1) is 12.9. The first-order valence-corrected chi connectivity index (χ1v) is 10.6. The van der Waals surface area contributed by atoms with Gasteiger partial charge in [0.05, 0.1) is 10.5 Å². The lowest BCUT2D eigenvalue weighted by atomic mass is 9.92. The lowest BCUT2D eigenvalue weighted by Crippen LogP contribution is -2.05. The summed E-state index contributed by atoms with van der Waals surface area (Å²) in [7, 11) is -3.42. The molecular weight excluding hydrogens is 432 g/mol. The molecule has 0 atom stereocenters. The van der Waals surface area contributed by atoms with Crippen molar-refractivity contribution in [1.29, 1.82) is 0 Å². The first-order valence-electron chi connectivity index (χ1n) is 7.93. The fourth-order valence-corrected chi connectivity index (χ4v) is 3.96. The third-order valence-electron chi connectivity index (χ3n) is 4.11. The SMILES string of the molecule is CS(=O)(=O)c1ccc(-c2cc(C(F)(F)F)ccc2-c2cc(Cl)cc(Cl)c2)cc1. The predicted molar refractivity (Wildman–Crippen MR) is 105 cm³/mol. The van der Waals surface area contributed by atoms with E-state index in [1.165, 1.54) is 36.4 Å². The molecule has 0 aliphatic rings. The molecule has 2 nitrogen and oxygen atoms in total. The van der Waals surface area contributed by atoms with Gasteiger partial charge in [0.2, 0.25) is 0 Å². The smallest absolute Gasteiger partial charge is 0.224 e. The maximum absolute atomic E-state index is 13.2. The lowest BCUT2D eigenvalue weighted by molar-refractivity contribution is -0.137. The van der Waals surface area contributed by atoms with Crippen molar-refractivity contribution in [2.24, 2.45) is 0 Å². The zero-order valence-corrected chi connectivity index (χ0v) is 16.7. The Morgan fingerprint density at radius 1 is 0.750 bits per heavy atom. The molecule has 3 aromatic carbocycles. The van der Waals surface area contributed by atoms with E-state index < -0.39 is 21.6 Å². The molecule has 0 aliphatic heterocycles. The van der Waals surface area contributed by atoms with Gasteiger partial charge in [0.25, 0.3) is 0 Å². The monoisotopic (exact) mass is 444 g/mol. The van der Waals surface area contributed by atoms with Crippen molar-refractivity contribution in [1.82, 2.24) is 0 Å². The Labute approximate surface area is 170 Å². The standard InChI is InChI=1S/C20H13Cl2F3O2S/c1-28(26,27)17-5-2-12(3-6-17)19-10-14(20(23,24)25)4-7-18(19)13-8-15(21)11-16(22)9-13/h2-11H,1H3. The van der Waals surface area contributed by atoms with E-state index in [9.17, 15) is 21.6 Å². The molecule has 0 bridgehead atoms. The molecule has 0 aliphatic carbocycles. The van der Waals surface area contributed by atoms with Crippen molar-refractivity contribution >= 4 is 33.0 Å². The van der Waals surface area contributed by atoms with Gasteiger partial charge in [-0.2, -0.15) is 13.2 Å². The summed E-state index contributed by atoms with van der Waals surface area (Å²) in [6.07, 6.45) is -3.46. The Hall–Kier alpha value is -2.02. The molecule has 0 radical (unpaired) electrons. The molecule has 0 N–H and O–H groups in total. The van der Waals surface area contributed by atoms with Crippen molar-refractivity contribution in [3.63, 3.8) is 0 Å². The van der Waals surface area contributed by atoms with Crippen LogP contribution in [-0.4, -0.2) is 14.7 Å². The van der Waals surface area contributed by atoms with Gasteiger partial charge in [0.15, 0.2) is 9.84 Å². The summed E-state index contributed by atoms with van der Waals surface area (Å²) >= 11 is 12.1. The highest BCUT2D eigenvalue weighted by atomic mass is 35.5. The maximum Gasteiger partial charge on any atom is 0.416 e. The molecule has 0 saturated heterocycles. The normalized spacial score (nSPS) is 12.2. The highest BCUT2D eigenvalue weighted by Gasteiger charge is 2.31. The molecule has 146 valence electrons. The van der Waals surface area contributed by atoms with Crippen molar-refractivity contribution in [3.05, 3.63) is 76.3 Å². The minimum Gasteiger partial charge on any atom is -0.224 e. The summed E-state index contributed by atoms with van der Waals surface area (Å²) in [5.41, 5.74) is 0.947. The average molecular weight is 445 g/mol. The second kappa shape index (κ2) is 7.43. The highest BCUT2D eigenvalue weighted by molar-refractivity contribution is 7.90. The van der Waals surface area contributed by atoms with Gasteiger partial charge in [-0.25, -0.2) is 8.42 Å². The third-order valence-corrected chi connectivity index (χ3v) is 5.68. The van der Waals surface area contributed by atoms with Gasteiger partial charge in [-0.3, -0.25) is 0 Å². The van der Waals surface area contributed by atoms with Gasteiger partial charge >= 0.3 is 6.18 Å². The van der Waals surface area contributed by atoms with Gasteiger partial charge in [-0.1, -0.05) is 41.4 Å². The van der Waals surface area contributed by atoms with Crippen LogP contribution >= 0.6 is 23.2 Å². The van der Waals surface area contributed by atoms with Crippen LogP contribution in [0.1, 0.15) is 5.56 Å². The Balaban J connectivity index is 2.24. The topological polar surface area (TPSA) is 34.1 Å². The molecular formula is C20H13Cl2F3O2S. The van der Waals surface area contributed by atoms with E-state index in [1.807, 2.05) is 0 Å². The average Bonchev–Trinajstić information content (AvgIpc) is 2.59. The quantitative estimate of drug-likeness (QED) is 0.447. The van der Waals surface area contributed by atoms with E-state index in [4.69, 9.17) is 23.2 Å². The Morgan fingerprint density at radius 2 is 1.32 bits per heavy atom. The van der Waals surface area contributed by atoms with Crippen LogP contribution in [0.4, 0.5) is 13.2 Å². The number of sulfone groups is 1. The second-order valence-electron chi connectivity index (χ2n) is 6.21. The van der Waals surface area contributed by atoms with Crippen molar-refractivity contribution < 1.29 is 21.6 Å². The van der Waals surface area contributed by atoms with Gasteiger partial charge < -0.3 is 0 Å². The fraction of sp³-hybridized carbons (Fsp3) is 0.100. The minimum absolute atomic E-state index is 0.0792. The number of benzene rings is 3. The fourth-order valence-electron chi connectivity index (χ4n) is 2.80. The molecule has 0 aromatic heterocycles. The lowest BCUT2D eigenvalue weighted by Gasteiger charge is -2.15. The van der Waals surface area contributed by atoms with Crippen molar-refractivity contribution in [3.8, 4) is 22.3 Å². The summed E-state index contributed by atoms with van der Waals surface area (Å²) in [5.74, 6) is 0. The van der Waals surface area contributed by atoms with Gasteiger partial charge in [-0.15, -0.1) is 0 Å². The Bertz CT molecular complexity index is 1120. The first kappa shape index (κ1) is 20.7. The summed E-state index contributed by atoms with van der Waals surface area (Å²) in [5, 5.41) is 0.696. The maximum atomic E-state index is 13.2. The molecule has 0 fully saturated rings. The van der Waals surface area contributed by atoms with E-state index in [0.717, 1.165) is 18.4 Å². The number of alkyl halides is 3. The molecule has 0 saturated carbocycles. The third kappa shape index (κ3) is 4.51. The van der Waals surface area contributed by atoms with Crippen molar-refractivity contribution in [2.75, 3.05) is 6.26 Å². The summed E-state index contributed by atoms with van der Waals surface area (Å²) in [4.78, 5) is 0.0792. The molecule has 0 unspecified atom stereocenters. The van der Waals surface area contributed by atoms with E-state index in [2.05, 4.69) is 0 Å². The largest absolute Gasteiger partial charge is 0.416 e. The zero-order chi connectivity index (χ0) is 20.7. The van der Waals surface area contributed by atoms with Crippen LogP contribution in [0.5, 0.6) is 0 Å². The van der Waals surface area contributed by atoms with Crippen LogP contribution in [0.3, 0.4) is 0 Å². The van der Waals surface area contributed by atoms with E-state index >= 15 is 0 Å². The summed E-state index contributed by atoms with van der Waals surface area (Å²) in [6, 6.07) is 13.8. The molecule has 28 heavy (non-hydrogen) atoms. The molecule has 3 aromatic rings. The number of hydrogen-bond donors (Lipinski definition) is 0. The van der Waals surface area contributed by atoms with Gasteiger partial charge in [-0.05, 0) is 64.7 Å². The molecule has 0 heterocycles. The van der Waals surface area contributed by atoms with E-state index in [0.29, 0.717) is 26.7 Å². The molecule has 8 heteroatoms. The van der Waals surface area contributed by atoms with Gasteiger partial charge in [0, 0.05) is 16.3 Å². The second-order valence-corrected chi connectivity index (χ2v) is 9.10. The molecule has 3 rings (SSSR count). The van der Waals surface area contributed by atoms with Crippen LogP contribution in [0.25, 0.3) is 22.3 Å². The van der Waals surface area contributed by atoms with Crippen LogP contribution in [0, 0.1) is 0 Å². The minimum atomic E-state index is -4.52. The highest BCUT2D eigenvalue weighted by Crippen LogP contribution is 2.39. The van der Waals surface area contributed by atoms with Gasteiger partial charge in [0.1, 0.15) is 0 Å². The van der Waals surface area contributed by atoms with Crippen LogP contribution in [0.15, 0.2) is 65.6 Å². The number of hydrogen-bond acceptors (Lipinski definition) is 2. The van der Waals surface area contributed by atoms with Crippen LogP contribution in [0.2, 0.25) is 10.0 Å². The number of halogens is 5. The Kier molecular flexibility index (Phi) is 5.49. The molecule has 0 spiro atoms. The van der Waals surface area contributed by atoms with Crippen LogP contribution in [-0.2, 0) is 16.0 Å². The number of rotatable bonds is 3. The van der Waals surface area contributed by atoms with Crippen LogP contribution < -0.4 is 0 Å². The van der Waals surface area contributed by atoms with E-state index in [1.54, 1.807) is 12.1 Å². The summed E-state index contributed by atoms with van der Waals surface area (Å²) in [6.45, 7) is 0. The van der Waals surface area contributed by atoms with E-state index in [-0.39, 0.29) is 10.5 Å².